The quantitative estimate of drug-likeness (QED) is 0.165. The highest BCUT2D eigenvalue weighted by molar-refractivity contribution is 6.28. The van der Waals surface area contributed by atoms with Crippen LogP contribution in [0.15, 0.2) is 209 Å². The second-order valence-corrected chi connectivity index (χ2v) is 14.8. The van der Waals surface area contributed by atoms with Gasteiger partial charge in [-0.15, -0.1) is 0 Å². The molecule has 0 N–H and O–H groups in total. The summed E-state index contributed by atoms with van der Waals surface area (Å²) < 4.78 is 13.6. The second kappa shape index (κ2) is 12.5. The molecule has 2 aromatic heterocycles. The lowest BCUT2D eigenvalue weighted by molar-refractivity contribution is 0.663. The summed E-state index contributed by atoms with van der Waals surface area (Å²) in [5.74, 6) is 0. The van der Waals surface area contributed by atoms with E-state index in [2.05, 4.69) is 187 Å². The van der Waals surface area contributed by atoms with Gasteiger partial charge in [0.25, 0.3) is 0 Å². The first-order chi connectivity index (χ1) is 28.3. The first kappa shape index (κ1) is 31.7. The Hall–Kier alpha value is -7.62. The van der Waals surface area contributed by atoms with Crippen LogP contribution in [0.5, 0.6) is 0 Å². The molecule has 0 spiro atoms. The van der Waals surface area contributed by atoms with Gasteiger partial charge in [-0.3, -0.25) is 0 Å². The van der Waals surface area contributed by atoms with E-state index >= 15 is 0 Å². The summed E-state index contributed by atoms with van der Waals surface area (Å²) in [4.78, 5) is 2.40. The smallest absolute Gasteiger partial charge is 0.160 e. The van der Waals surface area contributed by atoms with Crippen LogP contribution in [-0.4, -0.2) is 0 Å². The molecule has 0 atom stereocenters. The molecule has 12 aromatic rings. The molecule has 3 nitrogen and oxygen atoms in total. The zero-order valence-corrected chi connectivity index (χ0v) is 30.8. The van der Waals surface area contributed by atoms with Gasteiger partial charge in [-0.2, -0.15) is 0 Å². The number of hydrogen-bond donors (Lipinski definition) is 0. The van der Waals surface area contributed by atoms with Crippen molar-refractivity contribution in [3.8, 4) is 22.3 Å². The van der Waals surface area contributed by atoms with Gasteiger partial charge in [-0.25, -0.2) is 0 Å². The molecule has 0 unspecified atom stereocenters. The van der Waals surface area contributed by atoms with Crippen molar-refractivity contribution in [1.82, 2.24) is 0 Å². The van der Waals surface area contributed by atoms with Gasteiger partial charge >= 0.3 is 0 Å². The maximum absolute atomic E-state index is 7.19. The zero-order valence-electron chi connectivity index (χ0n) is 30.8. The Morgan fingerprint density at radius 3 is 1.75 bits per heavy atom. The summed E-state index contributed by atoms with van der Waals surface area (Å²) >= 11 is 0. The first-order valence-corrected chi connectivity index (χ1v) is 19.4. The Morgan fingerprint density at radius 1 is 0.316 bits per heavy atom. The highest BCUT2D eigenvalue weighted by Gasteiger charge is 2.27. The molecule has 10 aromatic carbocycles. The minimum Gasteiger partial charge on any atom is -0.456 e. The lowest BCUT2D eigenvalue weighted by atomic mass is 9.91. The molecule has 0 amide bonds. The second-order valence-electron chi connectivity index (χ2n) is 14.8. The summed E-state index contributed by atoms with van der Waals surface area (Å²) in [5.41, 5.74) is 11.0. The molecule has 12 rings (SSSR count). The topological polar surface area (TPSA) is 29.5 Å². The highest BCUT2D eigenvalue weighted by Crippen LogP contribution is 2.51. The number of hydrogen-bond acceptors (Lipinski definition) is 3. The average molecular weight is 728 g/mol. The molecule has 0 aliphatic heterocycles. The van der Waals surface area contributed by atoms with E-state index in [0.717, 1.165) is 77.6 Å². The fourth-order valence-electron chi connectivity index (χ4n) is 9.00. The summed E-state index contributed by atoms with van der Waals surface area (Å²) in [7, 11) is 0. The van der Waals surface area contributed by atoms with Gasteiger partial charge in [-0.1, -0.05) is 146 Å². The van der Waals surface area contributed by atoms with Crippen LogP contribution in [0.3, 0.4) is 0 Å². The van der Waals surface area contributed by atoms with Gasteiger partial charge in [0, 0.05) is 38.5 Å². The van der Waals surface area contributed by atoms with Crippen LogP contribution in [0.4, 0.5) is 17.1 Å². The van der Waals surface area contributed by atoms with Crippen molar-refractivity contribution >= 4 is 93.3 Å². The third-order valence-electron chi connectivity index (χ3n) is 11.6. The molecule has 0 aliphatic carbocycles. The van der Waals surface area contributed by atoms with Crippen LogP contribution in [0.2, 0.25) is 0 Å². The van der Waals surface area contributed by atoms with E-state index < -0.39 is 0 Å². The molecule has 0 saturated heterocycles. The van der Waals surface area contributed by atoms with Gasteiger partial charge < -0.3 is 13.7 Å². The zero-order chi connectivity index (χ0) is 37.5. The number of furan rings is 2. The number of nitrogens with zero attached hydrogens (tertiary/aromatic N) is 1. The van der Waals surface area contributed by atoms with Crippen LogP contribution < -0.4 is 4.90 Å². The van der Waals surface area contributed by atoms with Crippen LogP contribution in [0, 0.1) is 0 Å². The lowest BCUT2D eigenvalue weighted by Gasteiger charge is -2.29. The molecule has 0 radical (unpaired) electrons. The fourth-order valence-corrected chi connectivity index (χ4v) is 9.00. The summed E-state index contributed by atoms with van der Waals surface area (Å²) in [6, 6.07) is 71.6. The van der Waals surface area contributed by atoms with E-state index in [-0.39, 0.29) is 0 Å². The summed E-state index contributed by atoms with van der Waals surface area (Å²) in [6.07, 6.45) is 0. The highest BCUT2D eigenvalue weighted by atomic mass is 16.3. The predicted molar refractivity (Wildman–Crippen MR) is 239 cm³/mol. The van der Waals surface area contributed by atoms with Gasteiger partial charge in [0.05, 0.1) is 5.69 Å². The van der Waals surface area contributed by atoms with E-state index in [1.54, 1.807) is 0 Å². The Balaban J connectivity index is 1.23. The largest absolute Gasteiger partial charge is 0.456 e. The van der Waals surface area contributed by atoms with Crippen molar-refractivity contribution in [1.29, 1.82) is 0 Å². The van der Waals surface area contributed by atoms with Crippen molar-refractivity contribution in [2.24, 2.45) is 0 Å². The van der Waals surface area contributed by atoms with Crippen LogP contribution in [-0.2, 0) is 0 Å². The normalized spacial score (nSPS) is 11.9. The van der Waals surface area contributed by atoms with Crippen molar-refractivity contribution in [2.75, 3.05) is 4.90 Å². The van der Waals surface area contributed by atoms with Gasteiger partial charge in [0.15, 0.2) is 5.58 Å². The maximum Gasteiger partial charge on any atom is 0.160 e. The Bertz CT molecular complexity index is 3520. The molecule has 0 aliphatic rings. The third kappa shape index (κ3) is 4.92. The molecule has 3 heteroatoms. The third-order valence-corrected chi connectivity index (χ3v) is 11.6. The molecular weight excluding hydrogens is 695 g/mol. The molecule has 0 fully saturated rings. The molecule has 57 heavy (non-hydrogen) atoms. The first-order valence-electron chi connectivity index (χ1n) is 19.4. The van der Waals surface area contributed by atoms with E-state index in [4.69, 9.17) is 8.83 Å². The van der Waals surface area contributed by atoms with Crippen LogP contribution in [0.1, 0.15) is 0 Å². The van der Waals surface area contributed by atoms with Crippen molar-refractivity contribution in [3.05, 3.63) is 200 Å². The SMILES string of the molecule is c1ccc(-c2ccc(N(c3ccc4ccccc4c3)c3c(-c4cc5ccccc5c5ccccc45)ccc4c3oc3ccc5oc6ccccc6c5c34)cc2)cc1. The van der Waals surface area contributed by atoms with Crippen molar-refractivity contribution in [3.63, 3.8) is 0 Å². The average Bonchev–Trinajstić information content (AvgIpc) is 3.85. The Kier molecular flexibility index (Phi) is 6.93. The number of benzene rings is 10. The number of rotatable bonds is 5. The van der Waals surface area contributed by atoms with Gasteiger partial charge in [0.2, 0.25) is 0 Å². The van der Waals surface area contributed by atoms with E-state index in [9.17, 15) is 0 Å². The Morgan fingerprint density at radius 2 is 0.930 bits per heavy atom. The predicted octanol–water partition coefficient (Wildman–Crippen LogP) is 15.7. The minimum absolute atomic E-state index is 0.817. The number of anilines is 3. The maximum atomic E-state index is 7.19. The minimum atomic E-state index is 0.817. The monoisotopic (exact) mass is 727 g/mol. The molecule has 266 valence electrons. The standard InChI is InChI=1S/C54H33NO2/c1-2-12-34(13-3-1)36-22-25-39(26-23-36)55(40-27-24-35-14-4-5-15-37(35)32-40)53-44(47-33-38-16-6-7-17-41(38)42-18-8-9-19-43(42)47)28-29-46-52-50(57-54(46)53)31-30-49-51(52)45-20-10-11-21-48(45)56-49/h1-33H. The Labute approximate surface area is 328 Å². The molecule has 0 bridgehead atoms. The summed E-state index contributed by atoms with van der Waals surface area (Å²) in [5, 5.41) is 11.4. The van der Waals surface area contributed by atoms with Gasteiger partial charge in [0.1, 0.15) is 16.7 Å². The number of para-hydroxylation sites is 1. The summed E-state index contributed by atoms with van der Waals surface area (Å²) in [6.45, 7) is 0. The molecular formula is C54H33NO2. The van der Waals surface area contributed by atoms with E-state index in [0.29, 0.717) is 0 Å². The lowest BCUT2D eigenvalue weighted by Crippen LogP contribution is -2.12. The van der Waals surface area contributed by atoms with Crippen LogP contribution >= 0.6 is 0 Å². The fraction of sp³-hybridized carbons (Fsp3) is 0. The van der Waals surface area contributed by atoms with Gasteiger partial charge in [-0.05, 0) is 104 Å². The van der Waals surface area contributed by atoms with Crippen molar-refractivity contribution in [2.45, 2.75) is 0 Å². The van der Waals surface area contributed by atoms with E-state index in [1.807, 2.05) is 18.2 Å². The number of fused-ring (bicyclic) bond motifs is 11. The molecule has 2 heterocycles. The van der Waals surface area contributed by atoms with E-state index in [1.165, 1.54) is 37.9 Å². The molecule has 0 saturated carbocycles. The van der Waals surface area contributed by atoms with Crippen LogP contribution in [0.25, 0.3) is 98.4 Å². The van der Waals surface area contributed by atoms with Crippen molar-refractivity contribution < 1.29 is 8.83 Å².